The topological polar surface area (TPSA) is 480 Å². The van der Waals surface area contributed by atoms with Gasteiger partial charge in [0.2, 0.25) is 23.6 Å². The summed E-state index contributed by atoms with van der Waals surface area (Å²) in [7, 11) is 0. The number of hydrogen-bond acceptors (Lipinski definition) is 30. The summed E-state index contributed by atoms with van der Waals surface area (Å²) in [5.74, 6) is -2.90. The molecule has 0 radical (unpaired) electrons. The molecular formula is C56H103N5O29. The number of amides is 4. The number of carbonyl (C=O) groups is 5. The Labute approximate surface area is 524 Å². The van der Waals surface area contributed by atoms with E-state index in [0.29, 0.717) is 0 Å². The smallest absolute Gasteiger partial charge is 0.222 e. The van der Waals surface area contributed by atoms with Crippen molar-refractivity contribution in [3.05, 3.63) is 0 Å². The highest BCUT2D eigenvalue weighted by Crippen LogP contribution is 2.29. The first-order valence-corrected chi connectivity index (χ1v) is 30.5. The van der Waals surface area contributed by atoms with E-state index < -0.39 is 123 Å². The number of aliphatic hydroxyl groups excluding tert-OH is 9. The third-order valence-corrected chi connectivity index (χ3v) is 14.4. The van der Waals surface area contributed by atoms with Crippen molar-refractivity contribution in [2.45, 2.75) is 126 Å². The summed E-state index contributed by atoms with van der Waals surface area (Å²) in [6.45, 7) is 5.22. The predicted molar refractivity (Wildman–Crippen MR) is 308 cm³/mol. The average molecular weight is 1310 g/mol. The molecule has 0 aromatic rings. The molecule has 0 saturated carbocycles. The third-order valence-electron chi connectivity index (χ3n) is 14.4. The van der Waals surface area contributed by atoms with Gasteiger partial charge in [0.15, 0.2) is 18.9 Å². The Bertz CT molecular complexity index is 1860. The average Bonchev–Trinajstić information content (AvgIpc) is 1.14. The summed E-state index contributed by atoms with van der Waals surface area (Å²) in [6.07, 6.45) is -13.7. The van der Waals surface area contributed by atoms with Crippen LogP contribution in [0.5, 0.6) is 0 Å². The van der Waals surface area contributed by atoms with Crippen molar-refractivity contribution in [1.82, 2.24) is 21.3 Å². The minimum Gasteiger partial charge on any atom is -0.394 e. The summed E-state index contributed by atoms with van der Waals surface area (Å²) >= 11 is 0. The van der Waals surface area contributed by atoms with Gasteiger partial charge < -0.3 is 144 Å². The molecule has 90 heavy (non-hydrogen) atoms. The van der Waals surface area contributed by atoms with Crippen LogP contribution in [0.4, 0.5) is 0 Å². The zero-order chi connectivity index (χ0) is 66.1. The van der Waals surface area contributed by atoms with Crippen molar-refractivity contribution in [3.8, 4) is 0 Å². The molecule has 0 aromatic carbocycles. The molecule has 2 unspecified atom stereocenters. The number of carbonyl (C=O) groups excluding carboxylic acids is 5. The molecule has 4 amide bonds. The molecule has 3 rings (SSSR count). The number of aliphatic hydroxyl groups is 9. The zero-order valence-electron chi connectivity index (χ0n) is 52.1. The Hall–Kier alpha value is -3.45. The molecule has 3 heterocycles. The molecule has 0 bridgehead atoms. The summed E-state index contributed by atoms with van der Waals surface area (Å²) in [4.78, 5) is 62.7. The van der Waals surface area contributed by atoms with E-state index in [1.165, 1.54) is 6.92 Å². The van der Waals surface area contributed by atoms with Gasteiger partial charge in [0.25, 0.3) is 0 Å². The Balaban J connectivity index is 1.37. The van der Waals surface area contributed by atoms with E-state index in [1.807, 2.05) is 0 Å². The highest BCUT2D eigenvalue weighted by molar-refractivity contribution is 5.81. The van der Waals surface area contributed by atoms with E-state index in [2.05, 4.69) is 21.3 Å². The second-order valence-corrected chi connectivity index (χ2v) is 21.7. The van der Waals surface area contributed by atoms with Gasteiger partial charge in [-0.3, -0.25) is 24.0 Å². The largest absolute Gasteiger partial charge is 0.394 e. The van der Waals surface area contributed by atoms with Crippen molar-refractivity contribution in [2.75, 3.05) is 185 Å². The van der Waals surface area contributed by atoms with Gasteiger partial charge in [0.05, 0.1) is 177 Å². The fourth-order valence-corrected chi connectivity index (χ4v) is 9.25. The van der Waals surface area contributed by atoms with Gasteiger partial charge in [-0.1, -0.05) is 13.8 Å². The lowest BCUT2D eigenvalue weighted by Gasteiger charge is -2.42. The predicted octanol–water partition coefficient (Wildman–Crippen LogP) is -7.30. The summed E-state index contributed by atoms with van der Waals surface area (Å²) in [5.41, 5.74) is 4.60. The molecule has 526 valence electrons. The number of Topliss-reactive ketones (excluding diaryl/α,β-unsaturated/α-hetero) is 1. The van der Waals surface area contributed by atoms with Gasteiger partial charge in [-0.05, 0) is 0 Å². The number of ketones is 1. The fraction of sp³-hybridized carbons (Fsp3) is 0.911. The minimum atomic E-state index is -1.44. The fourth-order valence-electron chi connectivity index (χ4n) is 9.25. The van der Waals surface area contributed by atoms with Gasteiger partial charge in [0.1, 0.15) is 54.6 Å². The Morgan fingerprint density at radius 2 is 0.733 bits per heavy atom. The Kier molecular flexibility index (Phi) is 42.6. The monoisotopic (exact) mass is 1310 g/mol. The van der Waals surface area contributed by atoms with E-state index in [-0.39, 0.29) is 214 Å². The normalized spacial score (nSPS) is 27.6. The Morgan fingerprint density at radius 1 is 0.422 bits per heavy atom. The van der Waals surface area contributed by atoms with Crippen LogP contribution in [-0.4, -0.2) is 340 Å². The van der Waals surface area contributed by atoms with Gasteiger partial charge in [-0.2, -0.15) is 0 Å². The first-order valence-electron chi connectivity index (χ1n) is 30.5. The zero-order valence-corrected chi connectivity index (χ0v) is 52.1. The summed E-state index contributed by atoms with van der Waals surface area (Å²) in [6, 6.07) is -1.08. The van der Waals surface area contributed by atoms with Gasteiger partial charge in [-0.15, -0.1) is 0 Å². The van der Waals surface area contributed by atoms with E-state index >= 15 is 0 Å². The van der Waals surface area contributed by atoms with Crippen molar-refractivity contribution < 1.29 is 141 Å². The van der Waals surface area contributed by atoms with Gasteiger partial charge >= 0.3 is 0 Å². The second kappa shape index (κ2) is 47.4. The number of nitrogens with one attached hydrogen (secondary N) is 4. The summed E-state index contributed by atoms with van der Waals surface area (Å²) in [5, 5.41) is 99.9. The molecule has 3 aliphatic rings. The quantitative estimate of drug-likeness (QED) is 0.0252. The maximum atomic E-state index is 12.9. The highest BCUT2D eigenvalue weighted by atomic mass is 16.7. The van der Waals surface area contributed by atoms with Crippen LogP contribution in [0.2, 0.25) is 0 Å². The molecular weight excluding hydrogens is 1210 g/mol. The van der Waals surface area contributed by atoms with E-state index in [1.54, 1.807) is 13.8 Å². The lowest BCUT2D eigenvalue weighted by atomic mass is 9.85. The maximum absolute atomic E-state index is 12.9. The third kappa shape index (κ3) is 31.7. The van der Waals surface area contributed by atoms with Gasteiger partial charge in [0, 0.05) is 69.5 Å². The van der Waals surface area contributed by atoms with Gasteiger partial charge in [-0.25, -0.2) is 0 Å². The number of hydrogen-bond donors (Lipinski definition) is 14. The molecule has 0 aromatic heterocycles. The summed E-state index contributed by atoms with van der Waals surface area (Å²) < 4.78 is 84.4. The van der Waals surface area contributed by atoms with Crippen molar-refractivity contribution >= 4 is 29.4 Å². The maximum Gasteiger partial charge on any atom is 0.222 e. The molecule has 34 heteroatoms. The molecule has 15 N–H and O–H groups in total. The molecule has 0 spiro atoms. The van der Waals surface area contributed by atoms with E-state index in [9.17, 15) is 69.9 Å². The van der Waals surface area contributed by atoms with Crippen LogP contribution < -0.4 is 27.0 Å². The number of nitrogens with two attached hydrogens (primary N) is 1. The van der Waals surface area contributed by atoms with Crippen LogP contribution >= 0.6 is 0 Å². The van der Waals surface area contributed by atoms with Crippen LogP contribution in [0.25, 0.3) is 0 Å². The molecule has 16 atom stereocenters. The lowest BCUT2D eigenvalue weighted by molar-refractivity contribution is -0.284. The standard InChI is InChI=1S/C56H103N5O29/c1-36-47(70)49(72)40(30-62)88-53(36)85-25-22-79-19-16-76-13-7-58-43(67)4-10-82-33-56(28-39(66)29-57,34-83-11-5-44(68)59-8-14-77-17-20-80-23-26-86-54-37(2)48(71)50(73)41(31-63)89-54)35-84-12-6-45(69)60-9-15-78-18-21-81-24-27-87-55-46(61-38(3)65)52(75)51(74)42(32-64)90-55/h36-37,40-42,46-55,62-64,70-75H,4-35,57H2,1-3H3,(H,58,67)(H,59,68)(H,60,69)(H,61,65)/t36-,37-,40-,41-,42-,46-,47-,48-,49+,50+,51+,52-,53-,54?,55-,56?/m1/s1. The molecule has 3 saturated heterocycles. The second-order valence-electron chi connectivity index (χ2n) is 21.7. The highest BCUT2D eigenvalue weighted by Gasteiger charge is 2.46. The molecule has 3 fully saturated rings. The van der Waals surface area contributed by atoms with Crippen LogP contribution in [0.3, 0.4) is 0 Å². The first-order chi connectivity index (χ1) is 43.3. The number of rotatable bonds is 52. The SMILES string of the molecule is CC(=O)N[C@H]1[C@H](OCCOCCOCCNC(=O)CCOCC(COCCC(=O)NCCOCCOCCOC2O[C@H](CO)[C@H](O)[C@H](O)[C@H]2C)(COCCC(=O)NCCOCCOCCO[C@@H]2O[C@H](CO)[C@H](O)[C@H](O)[C@H]2C)CC(=O)CN)O[C@H](CO)[C@H](O)[C@@H]1O. The Morgan fingerprint density at radius 3 is 1.07 bits per heavy atom. The first kappa shape index (κ1) is 80.8. The molecule has 34 nitrogen and oxygen atoms in total. The van der Waals surface area contributed by atoms with Crippen LogP contribution in [0.1, 0.15) is 46.5 Å². The van der Waals surface area contributed by atoms with E-state index in [4.69, 9.17) is 76.8 Å². The van der Waals surface area contributed by atoms with Crippen LogP contribution in [-0.2, 0) is 95.0 Å². The van der Waals surface area contributed by atoms with E-state index in [0.717, 1.165) is 0 Å². The van der Waals surface area contributed by atoms with Crippen molar-refractivity contribution in [1.29, 1.82) is 0 Å². The minimum absolute atomic E-state index is 0.0131. The lowest BCUT2D eigenvalue weighted by Crippen LogP contribution is -2.64. The van der Waals surface area contributed by atoms with Crippen molar-refractivity contribution in [3.63, 3.8) is 0 Å². The number of ether oxygens (including phenoxy) is 15. The molecule has 0 aliphatic carbocycles. The van der Waals surface area contributed by atoms with Crippen LogP contribution in [0.15, 0.2) is 0 Å². The molecule has 3 aliphatic heterocycles. The van der Waals surface area contributed by atoms with Crippen LogP contribution in [0, 0.1) is 17.3 Å². The van der Waals surface area contributed by atoms with Crippen molar-refractivity contribution in [2.24, 2.45) is 23.0 Å².